The smallest absolute Gasteiger partial charge is 0.407 e. The number of anilines is 2. The predicted molar refractivity (Wildman–Crippen MR) is 166 cm³/mol. The van der Waals surface area contributed by atoms with Gasteiger partial charge in [0.1, 0.15) is 40.6 Å². The van der Waals surface area contributed by atoms with Gasteiger partial charge in [0.15, 0.2) is 0 Å². The minimum Gasteiger partial charge on any atom is -0.496 e. The van der Waals surface area contributed by atoms with Crippen LogP contribution in [0.2, 0.25) is 0 Å². The summed E-state index contributed by atoms with van der Waals surface area (Å²) >= 11 is 0. The zero-order chi connectivity index (χ0) is 32.8. The standard InChI is InChI=1S/C32H38F2N6O6/c1-4-18-16-40(17-23(35)29(18)39-32(42)44-3)26-7-10-36-15-25(26)38-31(41)24-6-5-21(33)30(37-24)28-22(34)13-20(14-27(28)43-2)46-19-8-11-45-12-9-19/h5-7,10,13-15,18-19,23,29H,4,8-9,11-12,16-17,35H2,1-3H3,(H,38,41)(H,39,42)/t18-,23+,29-/m0/s1. The maximum Gasteiger partial charge on any atom is 0.407 e. The number of amides is 2. The first-order valence-electron chi connectivity index (χ1n) is 15.1. The summed E-state index contributed by atoms with van der Waals surface area (Å²) in [5.41, 5.74) is 6.74. The molecule has 2 aliphatic heterocycles. The van der Waals surface area contributed by atoms with E-state index in [4.69, 9.17) is 24.7 Å². The molecule has 2 aliphatic rings. The molecule has 2 amide bonds. The summed E-state index contributed by atoms with van der Waals surface area (Å²) in [6.45, 7) is 4.02. The zero-order valence-corrected chi connectivity index (χ0v) is 25.9. The van der Waals surface area contributed by atoms with Gasteiger partial charge in [-0.3, -0.25) is 9.78 Å². The van der Waals surface area contributed by atoms with Crippen LogP contribution < -0.4 is 30.7 Å². The predicted octanol–water partition coefficient (Wildman–Crippen LogP) is 4.14. The molecule has 2 saturated heterocycles. The first kappa shape index (κ1) is 32.8. The van der Waals surface area contributed by atoms with Crippen LogP contribution in [0.4, 0.5) is 25.0 Å². The van der Waals surface area contributed by atoms with Crippen LogP contribution in [0.1, 0.15) is 36.7 Å². The fraction of sp³-hybridized carbons (Fsp3) is 0.438. The molecular formula is C32H38F2N6O6. The molecule has 14 heteroatoms. The lowest BCUT2D eigenvalue weighted by Gasteiger charge is -2.43. The van der Waals surface area contributed by atoms with Crippen LogP contribution in [0.15, 0.2) is 42.7 Å². The topological polar surface area (TPSA) is 150 Å². The molecule has 0 bridgehead atoms. The third-order valence-electron chi connectivity index (χ3n) is 8.27. The van der Waals surface area contributed by atoms with Crippen molar-refractivity contribution in [2.24, 2.45) is 11.7 Å². The van der Waals surface area contributed by atoms with Crippen LogP contribution in [0.3, 0.4) is 0 Å². The second-order valence-corrected chi connectivity index (χ2v) is 11.2. The zero-order valence-electron chi connectivity index (χ0n) is 25.9. The number of carbonyl (C=O) groups is 2. The number of nitrogens with zero attached hydrogens (tertiary/aromatic N) is 3. The van der Waals surface area contributed by atoms with Crippen molar-refractivity contribution in [1.82, 2.24) is 15.3 Å². The molecule has 3 aromatic rings. The Morgan fingerprint density at radius 3 is 2.61 bits per heavy atom. The van der Waals surface area contributed by atoms with Gasteiger partial charge in [-0.2, -0.15) is 0 Å². The van der Waals surface area contributed by atoms with E-state index in [-0.39, 0.29) is 46.5 Å². The molecule has 12 nitrogen and oxygen atoms in total. The largest absolute Gasteiger partial charge is 0.496 e. The molecule has 0 saturated carbocycles. The average molecular weight is 641 g/mol. The quantitative estimate of drug-likeness (QED) is 0.312. The number of aromatic nitrogens is 2. The number of alkyl carbamates (subject to hydrolysis) is 1. The lowest BCUT2D eigenvalue weighted by Crippen LogP contribution is -2.62. The van der Waals surface area contributed by atoms with Crippen molar-refractivity contribution in [1.29, 1.82) is 0 Å². The number of nitrogens with two attached hydrogens (primary N) is 1. The van der Waals surface area contributed by atoms with Crippen molar-refractivity contribution in [2.45, 2.75) is 44.4 Å². The van der Waals surface area contributed by atoms with Crippen molar-refractivity contribution in [3.63, 3.8) is 0 Å². The maximum atomic E-state index is 15.5. The van der Waals surface area contributed by atoms with E-state index in [1.54, 1.807) is 12.3 Å². The molecule has 2 aromatic heterocycles. The van der Waals surface area contributed by atoms with Crippen molar-refractivity contribution in [3.8, 4) is 22.8 Å². The van der Waals surface area contributed by atoms with Crippen molar-refractivity contribution < 1.29 is 37.3 Å². The number of pyridine rings is 2. The van der Waals surface area contributed by atoms with Gasteiger partial charge in [0.2, 0.25) is 0 Å². The van der Waals surface area contributed by atoms with E-state index < -0.39 is 29.7 Å². The maximum absolute atomic E-state index is 15.5. The van der Waals surface area contributed by atoms with Gasteiger partial charge >= 0.3 is 6.09 Å². The highest BCUT2D eigenvalue weighted by atomic mass is 19.1. The monoisotopic (exact) mass is 640 g/mol. The molecule has 246 valence electrons. The van der Waals surface area contributed by atoms with Gasteiger partial charge in [-0.25, -0.2) is 18.6 Å². The average Bonchev–Trinajstić information content (AvgIpc) is 3.06. The highest BCUT2D eigenvalue weighted by molar-refractivity contribution is 6.05. The molecule has 2 fully saturated rings. The number of hydrogen-bond donors (Lipinski definition) is 3. The summed E-state index contributed by atoms with van der Waals surface area (Å²) in [5, 5.41) is 5.64. The van der Waals surface area contributed by atoms with Gasteiger partial charge in [0.25, 0.3) is 5.91 Å². The molecule has 0 spiro atoms. The molecule has 0 aliphatic carbocycles. The van der Waals surface area contributed by atoms with E-state index in [9.17, 15) is 9.59 Å². The van der Waals surface area contributed by atoms with E-state index >= 15 is 8.78 Å². The Kier molecular flexibility index (Phi) is 10.5. The third kappa shape index (κ3) is 7.29. The van der Waals surface area contributed by atoms with Gasteiger partial charge < -0.3 is 40.2 Å². The number of piperidine rings is 1. The van der Waals surface area contributed by atoms with E-state index in [2.05, 4.69) is 20.6 Å². The van der Waals surface area contributed by atoms with Crippen molar-refractivity contribution >= 4 is 23.4 Å². The minimum absolute atomic E-state index is 0.000706. The Hall–Kier alpha value is -4.56. The number of carbonyl (C=O) groups excluding carboxylic acids is 2. The SMILES string of the molecule is CC[C@H]1CN(c2ccncc2NC(=O)c2ccc(F)c(-c3c(F)cc(OC4CCOCC4)cc3OC)n2)C[C@@H](N)[C@H]1NC(=O)OC. The van der Waals surface area contributed by atoms with E-state index in [1.807, 2.05) is 11.8 Å². The molecule has 4 N–H and O–H groups in total. The van der Waals surface area contributed by atoms with Crippen LogP contribution >= 0.6 is 0 Å². The van der Waals surface area contributed by atoms with Crippen LogP contribution in [-0.2, 0) is 9.47 Å². The summed E-state index contributed by atoms with van der Waals surface area (Å²) in [7, 11) is 2.63. The van der Waals surface area contributed by atoms with Gasteiger partial charge in [0, 0.05) is 50.3 Å². The Balaban J connectivity index is 1.37. The lowest BCUT2D eigenvalue weighted by atomic mass is 9.86. The summed E-state index contributed by atoms with van der Waals surface area (Å²) in [6, 6.07) is 5.92. The first-order chi connectivity index (χ1) is 22.2. The van der Waals surface area contributed by atoms with Gasteiger partial charge in [-0.15, -0.1) is 0 Å². The molecule has 3 atom stereocenters. The second-order valence-electron chi connectivity index (χ2n) is 11.2. The Morgan fingerprint density at radius 2 is 1.89 bits per heavy atom. The summed E-state index contributed by atoms with van der Waals surface area (Å²) in [6.07, 6.45) is 4.44. The van der Waals surface area contributed by atoms with Crippen LogP contribution in [0, 0.1) is 17.6 Å². The summed E-state index contributed by atoms with van der Waals surface area (Å²) in [4.78, 5) is 35.8. The second kappa shape index (κ2) is 14.7. The third-order valence-corrected chi connectivity index (χ3v) is 8.27. The molecule has 0 unspecified atom stereocenters. The number of rotatable bonds is 9. The van der Waals surface area contributed by atoms with Crippen LogP contribution in [0.25, 0.3) is 11.3 Å². The van der Waals surface area contributed by atoms with E-state index in [0.29, 0.717) is 50.5 Å². The summed E-state index contributed by atoms with van der Waals surface area (Å²) < 4.78 is 52.1. The Labute approximate surface area is 265 Å². The van der Waals surface area contributed by atoms with Gasteiger partial charge in [-0.05, 0) is 30.5 Å². The molecule has 46 heavy (non-hydrogen) atoms. The first-order valence-corrected chi connectivity index (χ1v) is 15.1. The number of benzene rings is 1. The highest BCUT2D eigenvalue weighted by Gasteiger charge is 2.36. The van der Waals surface area contributed by atoms with E-state index in [1.165, 1.54) is 32.5 Å². The minimum atomic E-state index is -0.836. The van der Waals surface area contributed by atoms with Crippen molar-refractivity contribution in [2.75, 3.05) is 50.7 Å². The number of methoxy groups -OCH3 is 2. The number of halogens is 2. The normalized spacial score (nSPS) is 20.1. The fourth-order valence-electron chi connectivity index (χ4n) is 5.88. The molecule has 4 heterocycles. The molecule has 0 radical (unpaired) electrons. The molecule has 5 rings (SSSR count). The number of ether oxygens (including phenoxy) is 4. The Morgan fingerprint density at radius 1 is 1.11 bits per heavy atom. The number of nitrogens with one attached hydrogen (secondary N) is 2. The Bertz CT molecular complexity index is 1560. The lowest BCUT2D eigenvalue weighted by molar-refractivity contribution is 0.0254. The fourth-order valence-corrected chi connectivity index (χ4v) is 5.88. The number of hydrogen-bond acceptors (Lipinski definition) is 10. The molecule has 1 aromatic carbocycles. The van der Waals surface area contributed by atoms with Gasteiger partial charge in [0.05, 0.1) is 56.6 Å². The van der Waals surface area contributed by atoms with Crippen LogP contribution in [-0.4, -0.2) is 80.7 Å². The van der Waals surface area contributed by atoms with Crippen LogP contribution in [0.5, 0.6) is 11.5 Å². The molecular weight excluding hydrogens is 602 g/mol. The van der Waals surface area contributed by atoms with Crippen molar-refractivity contribution in [3.05, 3.63) is 60.1 Å². The highest BCUT2D eigenvalue weighted by Crippen LogP contribution is 2.38. The summed E-state index contributed by atoms with van der Waals surface area (Å²) in [5.74, 6) is -2.07. The van der Waals surface area contributed by atoms with E-state index in [0.717, 1.165) is 18.6 Å². The van der Waals surface area contributed by atoms with Gasteiger partial charge in [-0.1, -0.05) is 6.92 Å².